The van der Waals surface area contributed by atoms with Crippen LogP contribution in [0.2, 0.25) is 0 Å². The minimum atomic E-state index is 0.540. The highest BCUT2D eigenvalue weighted by molar-refractivity contribution is 4.88. The van der Waals surface area contributed by atoms with Crippen molar-refractivity contribution >= 4 is 0 Å². The van der Waals surface area contributed by atoms with Crippen molar-refractivity contribution < 1.29 is 0 Å². The molecule has 2 unspecified atom stereocenters. The Hall–Kier alpha value is -0.0800. The fourth-order valence-corrected chi connectivity index (χ4v) is 2.67. The Bertz CT molecular complexity index is 233. The molecule has 2 heteroatoms. The molecule has 1 aliphatic heterocycles. The normalized spacial score (nSPS) is 29.2. The highest BCUT2D eigenvalue weighted by atomic mass is 15.2. The standard InChI is InChI=1S/C14H28N2/c1-11(9-15-13-5-6-13)12(2)16-8-7-14(3,4)10-16/h11-13,15H,5-10H2,1-4H3. The second-order valence-electron chi connectivity index (χ2n) is 6.79. The number of hydrogen-bond acceptors (Lipinski definition) is 2. The molecular weight excluding hydrogens is 196 g/mol. The van der Waals surface area contributed by atoms with E-state index in [0.717, 1.165) is 18.0 Å². The van der Waals surface area contributed by atoms with E-state index in [1.54, 1.807) is 0 Å². The number of nitrogens with one attached hydrogen (secondary N) is 1. The monoisotopic (exact) mass is 224 g/mol. The van der Waals surface area contributed by atoms with E-state index in [1.807, 2.05) is 0 Å². The van der Waals surface area contributed by atoms with Crippen LogP contribution >= 0.6 is 0 Å². The molecule has 2 atom stereocenters. The average Bonchev–Trinajstić information content (AvgIpc) is 2.98. The van der Waals surface area contributed by atoms with Crippen molar-refractivity contribution in [3.05, 3.63) is 0 Å². The Kier molecular flexibility index (Phi) is 3.60. The van der Waals surface area contributed by atoms with Crippen molar-refractivity contribution in [2.75, 3.05) is 19.6 Å². The molecule has 0 aromatic heterocycles. The summed E-state index contributed by atoms with van der Waals surface area (Å²) in [6.45, 7) is 13.4. The van der Waals surface area contributed by atoms with Gasteiger partial charge in [-0.15, -0.1) is 0 Å². The zero-order chi connectivity index (χ0) is 11.8. The minimum absolute atomic E-state index is 0.540. The van der Waals surface area contributed by atoms with Gasteiger partial charge in [0.1, 0.15) is 0 Å². The molecule has 2 fully saturated rings. The second kappa shape index (κ2) is 4.66. The SMILES string of the molecule is CC(CNC1CC1)C(C)N1CCC(C)(C)C1. The Labute approximate surface area is 101 Å². The van der Waals surface area contributed by atoms with E-state index in [9.17, 15) is 0 Å². The smallest absolute Gasteiger partial charge is 0.0105 e. The lowest BCUT2D eigenvalue weighted by molar-refractivity contribution is 0.177. The van der Waals surface area contributed by atoms with Gasteiger partial charge in [-0.2, -0.15) is 0 Å². The third-order valence-electron chi connectivity index (χ3n) is 4.41. The van der Waals surface area contributed by atoms with E-state index in [-0.39, 0.29) is 0 Å². The van der Waals surface area contributed by atoms with Crippen molar-refractivity contribution in [3.8, 4) is 0 Å². The van der Waals surface area contributed by atoms with Gasteiger partial charge in [0, 0.05) is 18.6 Å². The molecule has 1 saturated heterocycles. The van der Waals surface area contributed by atoms with Crippen molar-refractivity contribution in [2.45, 2.75) is 59.0 Å². The molecule has 94 valence electrons. The van der Waals surface area contributed by atoms with Gasteiger partial charge in [-0.05, 0) is 50.6 Å². The topological polar surface area (TPSA) is 15.3 Å². The number of nitrogens with zero attached hydrogens (tertiary/aromatic N) is 1. The fourth-order valence-electron chi connectivity index (χ4n) is 2.67. The first kappa shape index (κ1) is 12.4. The first-order valence-corrected chi connectivity index (χ1v) is 6.95. The lowest BCUT2D eigenvalue weighted by atomic mass is 9.93. The molecule has 0 radical (unpaired) electrons. The van der Waals surface area contributed by atoms with Crippen molar-refractivity contribution in [3.63, 3.8) is 0 Å². The van der Waals surface area contributed by atoms with Crippen LogP contribution in [-0.2, 0) is 0 Å². The molecule has 16 heavy (non-hydrogen) atoms. The molecule has 0 bridgehead atoms. The van der Waals surface area contributed by atoms with Crippen LogP contribution in [0.4, 0.5) is 0 Å². The molecule has 1 aliphatic carbocycles. The minimum Gasteiger partial charge on any atom is -0.314 e. The number of hydrogen-bond donors (Lipinski definition) is 1. The lowest BCUT2D eigenvalue weighted by Crippen LogP contribution is -2.41. The highest BCUT2D eigenvalue weighted by Gasteiger charge is 2.33. The van der Waals surface area contributed by atoms with E-state index in [2.05, 4.69) is 37.9 Å². The predicted octanol–water partition coefficient (Wildman–Crippen LogP) is 2.49. The summed E-state index contributed by atoms with van der Waals surface area (Å²) < 4.78 is 0. The van der Waals surface area contributed by atoms with Crippen molar-refractivity contribution in [1.29, 1.82) is 0 Å². The summed E-state index contributed by atoms with van der Waals surface area (Å²) in [4.78, 5) is 2.68. The maximum atomic E-state index is 3.65. The second-order valence-corrected chi connectivity index (χ2v) is 6.79. The molecular formula is C14H28N2. The van der Waals surface area contributed by atoms with Crippen LogP contribution in [0.1, 0.15) is 47.0 Å². The lowest BCUT2D eigenvalue weighted by Gasteiger charge is -2.31. The third kappa shape index (κ3) is 3.21. The largest absolute Gasteiger partial charge is 0.314 e. The van der Waals surface area contributed by atoms with Gasteiger partial charge >= 0.3 is 0 Å². The first-order chi connectivity index (χ1) is 7.48. The van der Waals surface area contributed by atoms with E-state index < -0.39 is 0 Å². The Balaban J connectivity index is 1.74. The average molecular weight is 224 g/mol. The molecule has 2 rings (SSSR count). The Morgan fingerprint density at radius 3 is 2.50 bits per heavy atom. The molecule has 1 N–H and O–H groups in total. The molecule has 2 aliphatic rings. The fraction of sp³-hybridized carbons (Fsp3) is 1.00. The Morgan fingerprint density at radius 1 is 1.31 bits per heavy atom. The highest BCUT2D eigenvalue weighted by Crippen LogP contribution is 2.31. The van der Waals surface area contributed by atoms with Crippen molar-refractivity contribution in [2.24, 2.45) is 11.3 Å². The van der Waals surface area contributed by atoms with Gasteiger partial charge < -0.3 is 5.32 Å². The van der Waals surface area contributed by atoms with Crippen LogP contribution in [0, 0.1) is 11.3 Å². The van der Waals surface area contributed by atoms with Crippen LogP contribution in [-0.4, -0.2) is 36.6 Å². The molecule has 1 saturated carbocycles. The number of likely N-dealkylation sites (tertiary alicyclic amines) is 1. The van der Waals surface area contributed by atoms with Gasteiger partial charge in [0.25, 0.3) is 0 Å². The predicted molar refractivity (Wildman–Crippen MR) is 69.6 cm³/mol. The quantitative estimate of drug-likeness (QED) is 0.772. The van der Waals surface area contributed by atoms with Crippen molar-refractivity contribution in [1.82, 2.24) is 10.2 Å². The van der Waals surface area contributed by atoms with E-state index in [0.29, 0.717) is 5.41 Å². The van der Waals surface area contributed by atoms with Crippen LogP contribution in [0.15, 0.2) is 0 Å². The van der Waals surface area contributed by atoms with E-state index in [1.165, 1.54) is 38.9 Å². The van der Waals surface area contributed by atoms with Crippen LogP contribution in [0.3, 0.4) is 0 Å². The Morgan fingerprint density at radius 2 is 2.00 bits per heavy atom. The molecule has 1 heterocycles. The third-order valence-corrected chi connectivity index (χ3v) is 4.41. The summed E-state index contributed by atoms with van der Waals surface area (Å²) in [5.41, 5.74) is 0.540. The maximum absolute atomic E-state index is 3.65. The molecule has 0 amide bonds. The summed E-state index contributed by atoms with van der Waals surface area (Å²) in [5, 5.41) is 3.65. The zero-order valence-corrected chi connectivity index (χ0v) is 11.4. The first-order valence-electron chi connectivity index (χ1n) is 6.95. The molecule has 0 aromatic carbocycles. The summed E-state index contributed by atoms with van der Waals surface area (Å²) in [5.74, 6) is 0.773. The van der Waals surface area contributed by atoms with Gasteiger partial charge in [-0.3, -0.25) is 4.90 Å². The molecule has 0 spiro atoms. The number of rotatable bonds is 5. The van der Waals surface area contributed by atoms with Crippen LogP contribution in [0.5, 0.6) is 0 Å². The van der Waals surface area contributed by atoms with Gasteiger partial charge in [0.05, 0.1) is 0 Å². The van der Waals surface area contributed by atoms with Gasteiger partial charge in [0.2, 0.25) is 0 Å². The van der Waals surface area contributed by atoms with E-state index in [4.69, 9.17) is 0 Å². The summed E-state index contributed by atoms with van der Waals surface area (Å²) in [6.07, 6.45) is 4.16. The summed E-state index contributed by atoms with van der Waals surface area (Å²) >= 11 is 0. The molecule has 0 aromatic rings. The van der Waals surface area contributed by atoms with Gasteiger partial charge in [-0.25, -0.2) is 0 Å². The van der Waals surface area contributed by atoms with Crippen LogP contribution in [0.25, 0.3) is 0 Å². The van der Waals surface area contributed by atoms with Crippen LogP contribution < -0.4 is 5.32 Å². The summed E-state index contributed by atoms with van der Waals surface area (Å²) in [6, 6.07) is 1.58. The van der Waals surface area contributed by atoms with Gasteiger partial charge in [-0.1, -0.05) is 20.8 Å². The van der Waals surface area contributed by atoms with Gasteiger partial charge in [0.15, 0.2) is 0 Å². The van der Waals surface area contributed by atoms with E-state index >= 15 is 0 Å². The summed E-state index contributed by atoms with van der Waals surface area (Å²) in [7, 11) is 0. The zero-order valence-electron chi connectivity index (χ0n) is 11.4. The molecule has 2 nitrogen and oxygen atoms in total. The maximum Gasteiger partial charge on any atom is 0.0105 e.